The molecule has 1 N–H and O–H groups in total. The molecule has 1 fully saturated rings. The molecule has 0 atom stereocenters. The Balaban J connectivity index is 1.72. The van der Waals surface area contributed by atoms with Gasteiger partial charge in [0.25, 0.3) is 0 Å². The van der Waals surface area contributed by atoms with Crippen molar-refractivity contribution in [1.29, 1.82) is 0 Å². The van der Waals surface area contributed by atoms with Gasteiger partial charge in [0.05, 0.1) is 19.8 Å². The molecule has 3 rings (SSSR count). The molecule has 1 saturated heterocycles. The van der Waals surface area contributed by atoms with Crippen LogP contribution in [0.4, 0.5) is 0 Å². The Bertz CT molecular complexity index is 590. The van der Waals surface area contributed by atoms with E-state index in [9.17, 15) is 5.11 Å². The highest BCUT2D eigenvalue weighted by atomic mass is 16.5. The minimum absolute atomic E-state index is 0.123. The Hall–Kier alpha value is -1.85. The van der Waals surface area contributed by atoms with Gasteiger partial charge < -0.3 is 9.84 Å². The topological polar surface area (TPSA) is 50.5 Å². The van der Waals surface area contributed by atoms with E-state index in [2.05, 4.69) is 22.1 Å². The van der Waals surface area contributed by atoms with Gasteiger partial charge in [0.1, 0.15) is 5.75 Å². The summed E-state index contributed by atoms with van der Waals surface area (Å²) >= 11 is 0. The van der Waals surface area contributed by atoms with Crippen molar-refractivity contribution in [3.63, 3.8) is 0 Å². The molecule has 0 unspecified atom stereocenters. The summed E-state index contributed by atoms with van der Waals surface area (Å²) in [5.74, 6) is 0.897. The summed E-state index contributed by atoms with van der Waals surface area (Å²) in [6.45, 7) is 3.55. The molecular weight excluding hydrogens is 278 g/mol. The highest BCUT2D eigenvalue weighted by Gasteiger charge is 2.17. The van der Waals surface area contributed by atoms with E-state index < -0.39 is 0 Å². The quantitative estimate of drug-likeness (QED) is 0.916. The first-order chi connectivity index (χ1) is 10.7. The van der Waals surface area contributed by atoms with Crippen molar-refractivity contribution in [1.82, 2.24) is 14.7 Å². The standard InChI is InChI=1S/C17H23N3O2/c1-22-17-4-3-14(12-19-9-5-16(21)6-10-19)11-15(17)13-20-8-2-7-18-20/h2-4,7-8,11,16,21H,5-6,9-10,12-13H2,1H3. The van der Waals surface area contributed by atoms with Crippen molar-refractivity contribution in [3.8, 4) is 5.75 Å². The van der Waals surface area contributed by atoms with Crippen LogP contribution in [0, 0.1) is 0 Å². The van der Waals surface area contributed by atoms with Crippen molar-refractivity contribution < 1.29 is 9.84 Å². The van der Waals surface area contributed by atoms with Gasteiger partial charge in [-0.05, 0) is 36.6 Å². The Kier molecular flexibility index (Phi) is 4.75. The third-order valence-electron chi connectivity index (χ3n) is 4.20. The first-order valence-corrected chi connectivity index (χ1v) is 7.78. The van der Waals surface area contributed by atoms with Crippen molar-refractivity contribution in [2.24, 2.45) is 0 Å². The molecule has 0 aliphatic carbocycles. The zero-order valence-corrected chi connectivity index (χ0v) is 13.0. The second-order valence-corrected chi connectivity index (χ2v) is 5.86. The maximum atomic E-state index is 9.60. The van der Waals surface area contributed by atoms with Crippen LogP contribution >= 0.6 is 0 Å². The number of likely N-dealkylation sites (tertiary alicyclic amines) is 1. The number of hydrogen-bond donors (Lipinski definition) is 1. The molecule has 1 aliphatic rings. The largest absolute Gasteiger partial charge is 0.496 e. The van der Waals surface area contributed by atoms with Crippen molar-refractivity contribution in [2.45, 2.75) is 32.0 Å². The molecule has 118 valence electrons. The first-order valence-electron chi connectivity index (χ1n) is 7.78. The van der Waals surface area contributed by atoms with Crippen LogP contribution in [0.15, 0.2) is 36.7 Å². The molecule has 5 nitrogen and oxygen atoms in total. The molecule has 5 heteroatoms. The second-order valence-electron chi connectivity index (χ2n) is 5.86. The van der Waals surface area contributed by atoms with Crippen molar-refractivity contribution in [2.75, 3.05) is 20.2 Å². The fourth-order valence-corrected chi connectivity index (χ4v) is 2.96. The van der Waals surface area contributed by atoms with E-state index in [1.165, 1.54) is 5.56 Å². The molecule has 0 radical (unpaired) electrons. The van der Waals surface area contributed by atoms with E-state index in [-0.39, 0.29) is 6.10 Å². The van der Waals surface area contributed by atoms with Gasteiger partial charge in [-0.3, -0.25) is 9.58 Å². The van der Waals surface area contributed by atoms with Gasteiger partial charge in [0, 0.05) is 37.6 Å². The zero-order valence-electron chi connectivity index (χ0n) is 13.0. The molecule has 0 saturated carbocycles. The van der Waals surface area contributed by atoms with Crippen LogP contribution in [0.1, 0.15) is 24.0 Å². The summed E-state index contributed by atoms with van der Waals surface area (Å²) < 4.78 is 7.37. The Morgan fingerprint density at radius 1 is 1.27 bits per heavy atom. The van der Waals surface area contributed by atoms with Gasteiger partial charge in [-0.1, -0.05) is 6.07 Å². The summed E-state index contributed by atoms with van der Waals surface area (Å²) in [7, 11) is 1.70. The minimum Gasteiger partial charge on any atom is -0.496 e. The summed E-state index contributed by atoms with van der Waals surface area (Å²) in [5.41, 5.74) is 2.42. The van der Waals surface area contributed by atoms with E-state index in [1.54, 1.807) is 13.3 Å². The predicted octanol–water partition coefficient (Wildman–Crippen LogP) is 1.90. The van der Waals surface area contributed by atoms with Crippen LogP contribution in [0.5, 0.6) is 5.75 Å². The van der Waals surface area contributed by atoms with E-state index >= 15 is 0 Å². The maximum Gasteiger partial charge on any atom is 0.123 e. The molecule has 2 heterocycles. The van der Waals surface area contributed by atoms with Crippen LogP contribution in [0.2, 0.25) is 0 Å². The highest BCUT2D eigenvalue weighted by Crippen LogP contribution is 2.22. The summed E-state index contributed by atoms with van der Waals surface area (Å²) in [5, 5.41) is 13.9. The fraction of sp³-hybridized carbons (Fsp3) is 0.471. The summed E-state index contributed by atoms with van der Waals surface area (Å²) in [6.07, 6.45) is 5.36. The average molecular weight is 301 g/mol. The smallest absolute Gasteiger partial charge is 0.123 e. The average Bonchev–Trinajstić information content (AvgIpc) is 3.03. The summed E-state index contributed by atoms with van der Waals surface area (Å²) in [4.78, 5) is 2.40. The number of aliphatic hydroxyl groups is 1. The third-order valence-corrected chi connectivity index (χ3v) is 4.20. The van der Waals surface area contributed by atoms with Gasteiger partial charge in [-0.25, -0.2) is 0 Å². The Labute approximate surface area is 131 Å². The number of methoxy groups -OCH3 is 1. The van der Waals surface area contributed by atoms with Gasteiger partial charge in [-0.2, -0.15) is 5.10 Å². The fourth-order valence-electron chi connectivity index (χ4n) is 2.96. The third kappa shape index (κ3) is 3.67. The number of aliphatic hydroxyl groups excluding tert-OH is 1. The van der Waals surface area contributed by atoms with Crippen LogP contribution in [-0.2, 0) is 13.1 Å². The number of ether oxygens (including phenoxy) is 1. The monoisotopic (exact) mass is 301 g/mol. The van der Waals surface area contributed by atoms with Gasteiger partial charge >= 0.3 is 0 Å². The lowest BCUT2D eigenvalue weighted by molar-refractivity contribution is 0.0792. The van der Waals surface area contributed by atoms with Gasteiger partial charge in [0.2, 0.25) is 0 Å². The van der Waals surface area contributed by atoms with Crippen LogP contribution in [-0.4, -0.2) is 46.1 Å². The maximum absolute atomic E-state index is 9.60. The van der Waals surface area contributed by atoms with Gasteiger partial charge in [0.15, 0.2) is 0 Å². The molecule has 0 spiro atoms. The Morgan fingerprint density at radius 2 is 2.09 bits per heavy atom. The molecule has 1 aliphatic heterocycles. The number of aromatic nitrogens is 2. The summed E-state index contributed by atoms with van der Waals surface area (Å²) in [6, 6.07) is 8.28. The van der Waals surface area contributed by atoms with E-state index in [0.717, 1.165) is 43.8 Å². The zero-order chi connectivity index (χ0) is 15.4. The lowest BCUT2D eigenvalue weighted by Crippen LogP contribution is -2.35. The van der Waals surface area contributed by atoms with Gasteiger partial charge in [-0.15, -0.1) is 0 Å². The molecule has 22 heavy (non-hydrogen) atoms. The number of piperidine rings is 1. The number of rotatable bonds is 5. The number of nitrogens with zero attached hydrogens (tertiary/aromatic N) is 3. The first kappa shape index (κ1) is 15.1. The lowest BCUT2D eigenvalue weighted by Gasteiger charge is -2.29. The molecule has 2 aromatic rings. The van der Waals surface area contributed by atoms with Crippen LogP contribution in [0.3, 0.4) is 0 Å². The SMILES string of the molecule is COc1ccc(CN2CCC(O)CC2)cc1Cn1cccn1. The molecule has 0 bridgehead atoms. The lowest BCUT2D eigenvalue weighted by atomic mass is 10.1. The molecule has 0 amide bonds. The predicted molar refractivity (Wildman–Crippen MR) is 84.8 cm³/mol. The molecular formula is C17H23N3O2. The highest BCUT2D eigenvalue weighted by molar-refractivity contribution is 5.37. The van der Waals surface area contributed by atoms with Crippen LogP contribution < -0.4 is 4.74 Å². The van der Waals surface area contributed by atoms with E-state index in [1.807, 2.05) is 23.0 Å². The minimum atomic E-state index is -0.123. The number of hydrogen-bond acceptors (Lipinski definition) is 4. The molecule has 1 aromatic carbocycles. The van der Waals surface area contributed by atoms with Crippen molar-refractivity contribution in [3.05, 3.63) is 47.8 Å². The van der Waals surface area contributed by atoms with Crippen molar-refractivity contribution >= 4 is 0 Å². The molecule has 1 aromatic heterocycles. The normalized spacial score (nSPS) is 16.8. The van der Waals surface area contributed by atoms with Crippen LogP contribution in [0.25, 0.3) is 0 Å². The van der Waals surface area contributed by atoms with E-state index in [0.29, 0.717) is 6.54 Å². The Morgan fingerprint density at radius 3 is 2.77 bits per heavy atom. The number of benzene rings is 1. The van der Waals surface area contributed by atoms with E-state index in [4.69, 9.17) is 4.74 Å². The second kappa shape index (κ2) is 6.94.